The number of nitrogens with zero attached hydrogens (tertiary/aromatic N) is 3. The van der Waals surface area contributed by atoms with Crippen LogP contribution in [0.1, 0.15) is 35.6 Å². The molecule has 0 bridgehead atoms. The van der Waals surface area contributed by atoms with Crippen molar-refractivity contribution in [2.24, 2.45) is 4.99 Å². The van der Waals surface area contributed by atoms with E-state index in [9.17, 15) is 0 Å². The predicted molar refractivity (Wildman–Crippen MR) is 146 cm³/mol. The van der Waals surface area contributed by atoms with E-state index in [1.54, 1.807) is 6.20 Å². The molecule has 1 saturated heterocycles. The van der Waals surface area contributed by atoms with Crippen LogP contribution in [-0.4, -0.2) is 41.6 Å². The maximum absolute atomic E-state index is 6.23. The van der Waals surface area contributed by atoms with Crippen LogP contribution in [0.15, 0.2) is 65.9 Å². The van der Waals surface area contributed by atoms with E-state index in [2.05, 4.69) is 72.0 Å². The molecule has 8 heteroatoms. The first-order valence-electron chi connectivity index (χ1n) is 11.6. The Hall–Kier alpha value is -2.59. The molecule has 182 valence electrons. The summed E-state index contributed by atoms with van der Waals surface area (Å²) in [6, 6.07) is 16.8. The Morgan fingerprint density at radius 1 is 1.18 bits per heavy atom. The summed E-state index contributed by atoms with van der Waals surface area (Å²) in [5.41, 5.74) is 4.67. The van der Waals surface area contributed by atoms with Crippen LogP contribution in [0.2, 0.25) is 0 Å². The maximum Gasteiger partial charge on any atom is 0.191 e. The molecule has 3 aromatic rings. The second-order valence-corrected chi connectivity index (χ2v) is 8.29. The molecule has 1 aliphatic heterocycles. The van der Waals surface area contributed by atoms with Gasteiger partial charge in [0.2, 0.25) is 0 Å². The lowest BCUT2D eigenvalue weighted by Crippen LogP contribution is -2.37. The zero-order valence-corrected chi connectivity index (χ0v) is 22.2. The summed E-state index contributed by atoms with van der Waals surface area (Å²) < 4.78 is 13.6. The van der Waals surface area contributed by atoms with Crippen molar-refractivity contribution >= 4 is 29.9 Å². The van der Waals surface area contributed by atoms with Crippen LogP contribution in [0.3, 0.4) is 0 Å². The van der Waals surface area contributed by atoms with Crippen LogP contribution < -0.4 is 15.4 Å². The largest absolute Gasteiger partial charge is 0.488 e. The number of hydrogen-bond acceptors (Lipinski definition) is 4. The van der Waals surface area contributed by atoms with E-state index in [1.165, 1.54) is 11.1 Å². The first kappa shape index (κ1) is 26.0. The highest BCUT2D eigenvalue weighted by atomic mass is 127. The summed E-state index contributed by atoms with van der Waals surface area (Å²) in [6.07, 6.45) is 4.83. The van der Waals surface area contributed by atoms with E-state index in [-0.39, 0.29) is 30.1 Å². The smallest absolute Gasteiger partial charge is 0.191 e. The van der Waals surface area contributed by atoms with Gasteiger partial charge in [-0.15, -0.1) is 24.0 Å². The number of rotatable bonds is 9. The van der Waals surface area contributed by atoms with Crippen LogP contribution in [-0.2, 0) is 24.4 Å². The van der Waals surface area contributed by atoms with Crippen molar-refractivity contribution in [3.63, 3.8) is 0 Å². The fourth-order valence-corrected chi connectivity index (χ4v) is 3.80. The summed E-state index contributed by atoms with van der Waals surface area (Å²) in [5, 5.41) is 11.1. The normalized spacial score (nSPS) is 15.6. The van der Waals surface area contributed by atoms with Gasteiger partial charge in [-0.2, -0.15) is 5.10 Å². The topological polar surface area (TPSA) is 72.7 Å². The minimum Gasteiger partial charge on any atom is -0.488 e. The minimum atomic E-state index is 0. The molecule has 0 radical (unpaired) electrons. The van der Waals surface area contributed by atoms with Crippen LogP contribution in [0.4, 0.5) is 0 Å². The predicted octanol–water partition coefficient (Wildman–Crippen LogP) is 4.28. The number of aryl methyl sites for hydroxylation is 1. The molecule has 7 nitrogen and oxygen atoms in total. The Labute approximate surface area is 219 Å². The van der Waals surface area contributed by atoms with Gasteiger partial charge in [-0.3, -0.25) is 4.68 Å². The summed E-state index contributed by atoms with van der Waals surface area (Å²) >= 11 is 0. The van der Waals surface area contributed by atoms with Crippen molar-refractivity contribution in [2.45, 2.75) is 46.0 Å². The minimum absolute atomic E-state index is 0. The molecular formula is C26H34IN5O2. The van der Waals surface area contributed by atoms with E-state index in [0.717, 1.165) is 49.0 Å². The van der Waals surface area contributed by atoms with Gasteiger partial charge in [0, 0.05) is 37.5 Å². The van der Waals surface area contributed by atoms with Crippen molar-refractivity contribution in [2.75, 3.05) is 19.8 Å². The Kier molecular flexibility index (Phi) is 10.2. The molecule has 1 unspecified atom stereocenters. The molecule has 1 aromatic heterocycles. The van der Waals surface area contributed by atoms with Crippen LogP contribution in [0, 0.1) is 6.92 Å². The van der Waals surface area contributed by atoms with E-state index < -0.39 is 0 Å². The molecule has 2 heterocycles. The molecule has 1 atom stereocenters. The highest BCUT2D eigenvalue weighted by Gasteiger charge is 2.18. The molecule has 2 aromatic carbocycles. The fourth-order valence-electron chi connectivity index (χ4n) is 3.80. The van der Waals surface area contributed by atoms with Crippen LogP contribution in [0.5, 0.6) is 5.75 Å². The Bertz CT molecular complexity index is 1050. The number of aliphatic imine (C=N–C) groups is 1. The molecule has 0 spiro atoms. The molecule has 0 saturated carbocycles. The number of benzene rings is 2. The lowest BCUT2D eigenvalue weighted by molar-refractivity contribution is 0.140. The molecule has 34 heavy (non-hydrogen) atoms. The molecule has 2 N–H and O–H groups in total. The third-order valence-electron chi connectivity index (χ3n) is 5.51. The molecule has 1 fully saturated rings. The quantitative estimate of drug-likeness (QED) is 0.227. The van der Waals surface area contributed by atoms with Gasteiger partial charge in [-0.25, -0.2) is 4.99 Å². The van der Waals surface area contributed by atoms with Gasteiger partial charge in [0.15, 0.2) is 5.96 Å². The number of ether oxygens (including phenoxy) is 2. The number of guanidine groups is 1. The average Bonchev–Trinajstić information content (AvgIpc) is 3.51. The first-order chi connectivity index (χ1) is 16.2. The average molecular weight is 575 g/mol. The summed E-state index contributed by atoms with van der Waals surface area (Å²) in [6.45, 7) is 8.36. The molecule has 0 aliphatic carbocycles. The lowest BCUT2D eigenvalue weighted by Gasteiger charge is -2.18. The van der Waals surface area contributed by atoms with Gasteiger partial charge in [-0.1, -0.05) is 36.4 Å². The molecule has 1 aliphatic rings. The standard InChI is InChI=1S/C26H33N5O2.HI/c1-3-27-26(28-16-21-6-4-7-22(15-21)18-31-12-5-11-30-31)29-17-23-9-8-20(2)14-25(23)33-24-10-13-32-19-24;/h4-9,11-12,14-15,24H,3,10,13,16-19H2,1-2H3,(H2,27,28,29);1H. The number of aromatic nitrogens is 2. The number of halogens is 1. The second kappa shape index (κ2) is 13.3. The highest BCUT2D eigenvalue weighted by Crippen LogP contribution is 2.23. The summed E-state index contributed by atoms with van der Waals surface area (Å²) in [5.74, 6) is 1.70. The van der Waals surface area contributed by atoms with Crippen molar-refractivity contribution in [3.8, 4) is 5.75 Å². The Morgan fingerprint density at radius 3 is 2.82 bits per heavy atom. The van der Waals surface area contributed by atoms with Gasteiger partial charge in [0.25, 0.3) is 0 Å². The second-order valence-electron chi connectivity index (χ2n) is 8.29. The Balaban J connectivity index is 0.00000324. The van der Waals surface area contributed by atoms with E-state index in [4.69, 9.17) is 14.5 Å². The monoisotopic (exact) mass is 575 g/mol. The number of nitrogens with one attached hydrogen (secondary N) is 2. The van der Waals surface area contributed by atoms with Gasteiger partial charge in [-0.05, 0) is 42.7 Å². The van der Waals surface area contributed by atoms with Gasteiger partial charge in [0.05, 0.1) is 26.3 Å². The summed E-state index contributed by atoms with van der Waals surface area (Å²) in [4.78, 5) is 4.80. The van der Waals surface area contributed by atoms with Crippen LogP contribution in [0.25, 0.3) is 0 Å². The van der Waals surface area contributed by atoms with Crippen molar-refractivity contribution in [1.29, 1.82) is 0 Å². The van der Waals surface area contributed by atoms with Crippen molar-refractivity contribution < 1.29 is 9.47 Å². The zero-order valence-electron chi connectivity index (χ0n) is 19.9. The van der Waals surface area contributed by atoms with Crippen molar-refractivity contribution in [1.82, 2.24) is 20.4 Å². The highest BCUT2D eigenvalue weighted by molar-refractivity contribution is 14.0. The summed E-state index contributed by atoms with van der Waals surface area (Å²) in [7, 11) is 0. The zero-order chi connectivity index (χ0) is 22.9. The lowest BCUT2D eigenvalue weighted by atomic mass is 10.1. The third-order valence-corrected chi connectivity index (χ3v) is 5.51. The number of hydrogen-bond donors (Lipinski definition) is 2. The molecular weight excluding hydrogens is 541 g/mol. The maximum atomic E-state index is 6.23. The van der Waals surface area contributed by atoms with Gasteiger partial charge in [0.1, 0.15) is 11.9 Å². The van der Waals surface area contributed by atoms with E-state index in [1.807, 2.05) is 16.9 Å². The molecule has 4 rings (SSSR count). The van der Waals surface area contributed by atoms with E-state index >= 15 is 0 Å². The molecule has 0 amide bonds. The Morgan fingerprint density at radius 2 is 2.06 bits per heavy atom. The van der Waals surface area contributed by atoms with Crippen molar-refractivity contribution in [3.05, 3.63) is 83.2 Å². The third kappa shape index (κ3) is 7.73. The van der Waals surface area contributed by atoms with E-state index in [0.29, 0.717) is 19.7 Å². The fraction of sp³-hybridized carbons (Fsp3) is 0.385. The first-order valence-corrected chi connectivity index (χ1v) is 11.6. The van der Waals surface area contributed by atoms with Crippen LogP contribution >= 0.6 is 24.0 Å². The van der Waals surface area contributed by atoms with Gasteiger partial charge >= 0.3 is 0 Å². The van der Waals surface area contributed by atoms with Gasteiger partial charge < -0.3 is 20.1 Å². The SMILES string of the molecule is CCNC(=NCc1cccc(Cn2cccn2)c1)NCc1ccc(C)cc1OC1CCOC1.I.